The van der Waals surface area contributed by atoms with Crippen LogP contribution in [-0.2, 0) is 20.1 Å². The number of imidazole rings is 1. The minimum Gasteiger partial charge on any atom is -0.337 e. The summed E-state index contributed by atoms with van der Waals surface area (Å²) >= 11 is 0. The molecule has 0 aliphatic rings. The molecule has 0 amide bonds. The number of alkyl halides is 2. The number of halogens is 2. The van der Waals surface area contributed by atoms with Gasteiger partial charge in [-0.2, -0.15) is 0 Å². The first-order valence-electron chi connectivity index (χ1n) is 5.70. The number of aryl methyl sites for hydroxylation is 1. The van der Waals surface area contributed by atoms with E-state index in [1.807, 2.05) is 23.9 Å². The second-order valence-electron chi connectivity index (χ2n) is 4.10. The molecule has 0 bridgehead atoms. The van der Waals surface area contributed by atoms with E-state index in [1.54, 1.807) is 12.3 Å². The highest BCUT2D eigenvalue weighted by Gasteiger charge is 2.06. The first kappa shape index (κ1) is 12.7. The summed E-state index contributed by atoms with van der Waals surface area (Å²) in [4.78, 5) is 4.17. The van der Waals surface area contributed by atoms with Gasteiger partial charge in [0.25, 0.3) is 6.43 Å². The van der Waals surface area contributed by atoms with E-state index in [0.29, 0.717) is 13.1 Å². The fourth-order valence-electron chi connectivity index (χ4n) is 1.72. The Morgan fingerprint density at radius 3 is 2.83 bits per heavy atom. The van der Waals surface area contributed by atoms with Gasteiger partial charge in [0.15, 0.2) is 0 Å². The molecular formula is C13H15F2N3. The molecule has 1 heterocycles. The van der Waals surface area contributed by atoms with Gasteiger partial charge in [-0.3, -0.25) is 0 Å². The van der Waals surface area contributed by atoms with Crippen LogP contribution < -0.4 is 5.32 Å². The van der Waals surface area contributed by atoms with Gasteiger partial charge in [0.1, 0.15) is 5.82 Å². The second-order valence-corrected chi connectivity index (χ2v) is 4.10. The molecule has 0 fully saturated rings. The summed E-state index contributed by atoms with van der Waals surface area (Å²) < 4.78 is 26.9. The van der Waals surface area contributed by atoms with E-state index in [2.05, 4.69) is 10.3 Å². The smallest absolute Gasteiger partial charge is 0.263 e. The molecule has 0 atom stereocenters. The van der Waals surface area contributed by atoms with Gasteiger partial charge < -0.3 is 9.88 Å². The van der Waals surface area contributed by atoms with Gasteiger partial charge in [0.05, 0.1) is 6.54 Å². The van der Waals surface area contributed by atoms with Crippen LogP contribution in [0.25, 0.3) is 0 Å². The Kier molecular flexibility index (Phi) is 4.04. The maximum Gasteiger partial charge on any atom is 0.263 e. The highest BCUT2D eigenvalue weighted by molar-refractivity contribution is 5.24. The van der Waals surface area contributed by atoms with Crippen LogP contribution in [0, 0.1) is 0 Å². The van der Waals surface area contributed by atoms with Crippen LogP contribution in [0.2, 0.25) is 0 Å². The van der Waals surface area contributed by atoms with Crippen molar-refractivity contribution in [3.05, 3.63) is 53.6 Å². The molecule has 0 spiro atoms. The van der Waals surface area contributed by atoms with Crippen LogP contribution in [0.1, 0.15) is 23.4 Å². The predicted molar refractivity (Wildman–Crippen MR) is 65.2 cm³/mol. The molecule has 0 radical (unpaired) electrons. The lowest BCUT2D eigenvalue weighted by atomic mass is 10.1. The maximum absolute atomic E-state index is 12.5. The molecule has 1 aromatic heterocycles. The summed E-state index contributed by atoms with van der Waals surface area (Å²) in [6.07, 6.45) is 1.18. The van der Waals surface area contributed by atoms with E-state index < -0.39 is 6.43 Å². The Bertz CT molecular complexity index is 508. The second kappa shape index (κ2) is 5.73. The van der Waals surface area contributed by atoms with Crippen molar-refractivity contribution in [3.8, 4) is 0 Å². The Labute approximate surface area is 104 Å². The zero-order chi connectivity index (χ0) is 13.0. The summed E-state index contributed by atoms with van der Waals surface area (Å²) in [5.41, 5.74) is 0.910. The lowest BCUT2D eigenvalue weighted by molar-refractivity contribution is 0.151. The topological polar surface area (TPSA) is 29.9 Å². The van der Waals surface area contributed by atoms with Crippen LogP contribution in [-0.4, -0.2) is 9.55 Å². The monoisotopic (exact) mass is 251 g/mol. The molecule has 0 unspecified atom stereocenters. The number of aromatic nitrogens is 2. The minimum absolute atomic E-state index is 0.0614. The first-order valence-corrected chi connectivity index (χ1v) is 5.70. The highest BCUT2D eigenvalue weighted by atomic mass is 19.3. The molecule has 3 nitrogen and oxygen atoms in total. The SMILES string of the molecule is Cn1ccnc1CNCc1cccc(C(F)F)c1. The van der Waals surface area contributed by atoms with Crippen molar-refractivity contribution in [2.24, 2.45) is 7.05 Å². The summed E-state index contributed by atoms with van der Waals surface area (Å²) in [6, 6.07) is 6.44. The lowest BCUT2D eigenvalue weighted by Crippen LogP contribution is -2.15. The fraction of sp³-hybridized carbons (Fsp3) is 0.308. The summed E-state index contributed by atoms with van der Waals surface area (Å²) in [6.45, 7) is 1.16. The summed E-state index contributed by atoms with van der Waals surface area (Å²) in [5.74, 6) is 0.917. The number of nitrogens with one attached hydrogen (secondary N) is 1. The highest BCUT2D eigenvalue weighted by Crippen LogP contribution is 2.19. The number of hydrogen-bond donors (Lipinski definition) is 1. The van der Waals surface area contributed by atoms with Crippen LogP contribution >= 0.6 is 0 Å². The molecule has 1 N–H and O–H groups in total. The van der Waals surface area contributed by atoms with Crippen molar-refractivity contribution < 1.29 is 8.78 Å². The number of benzene rings is 1. The average molecular weight is 251 g/mol. The molecule has 5 heteroatoms. The quantitative estimate of drug-likeness (QED) is 0.885. The number of nitrogens with zero attached hydrogens (tertiary/aromatic N) is 2. The molecule has 18 heavy (non-hydrogen) atoms. The van der Waals surface area contributed by atoms with Gasteiger partial charge in [-0.15, -0.1) is 0 Å². The van der Waals surface area contributed by atoms with E-state index in [-0.39, 0.29) is 5.56 Å². The van der Waals surface area contributed by atoms with Crippen LogP contribution in [0.3, 0.4) is 0 Å². The van der Waals surface area contributed by atoms with Crippen molar-refractivity contribution in [1.29, 1.82) is 0 Å². The van der Waals surface area contributed by atoms with E-state index in [1.165, 1.54) is 12.1 Å². The Balaban J connectivity index is 1.90. The van der Waals surface area contributed by atoms with Crippen molar-refractivity contribution in [1.82, 2.24) is 14.9 Å². The van der Waals surface area contributed by atoms with Crippen LogP contribution in [0.5, 0.6) is 0 Å². The average Bonchev–Trinajstić information content (AvgIpc) is 2.76. The van der Waals surface area contributed by atoms with Crippen molar-refractivity contribution in [3.63, 3.8) is 0 Å². The zero-order valence-corrected chi connectivity index (χ0v) is 10.1. The molecular weight excluding hydrogens is 236 g/mol. The molecule has 0 aliphatic carbocycles. The van der Waals surface area contributed by atoms with Crippen molar-refractivity contribution >= 4 is 0 Å². The van der Waals surface area contributed by atoms with E-state index in [9.17, 15) is 8.78 Å². The van der Waals surface area contributed by atoms with Crippen LogP contribution in [0.15, 0.2) is 36.7 Å². The number of rotatable bonds is 5. The van der Waals surface area contributed by atoms with Crippen molar-refractivity contribution in [2.75, 3.05) is 0 Å². The third-order valence-corrected chi connectivity index (χ3v) is 2.74. The Hall–Kier alpha value is -1.75. The molecule has 0 saturated carbocycles. The normalized spacial score (nSPS) is 11.1. The molecule has 1 aromatic carbocycles. The van der Waals surface area contributed by atoms with Gasteiger partial charge in [-0.25, -0.2) is 13.8 Å². The van der Waals surface area contributed by atoms with E-state index in [0.717, 1.165) is 11.4 Å². The lowest BCUT2D eigenvalue weighted by Gasteiger charge is -2.07. The first-order chi connectivity index (χ1) is 8.66. The van der Waals surface area contributed by atoms with Gasteiger partial charge in [-0.1, -0.05) is 18.2 Å². The molecule has 2 rings (SSSR count). The molecule has 96 valence electrons. The fourth-order valence-corrected chi connectivity index (χ4v) is 1.72. The van der Waals surface area contributed by atoms with E-state index >= 15 is 0 Å². The zero-order valence-electron chi connectivity index (χ0n) is 10.1. The predicted octanol–water partition coefficient (Wildman–Crippen LogP) is 2.65. The number of hydrogen-bond acceptors (Lipinski definition) is 2. The summed E-state index contributed by atoms with van der Waals surface area (Å²) in [5, 5.41) is 3.18. The molecule has 0 saturated heterocycles. The van der Waals surface area contributed by atoms with Crippen molar-refractivity contribution in [2.45, 2.75) is 19.5 Å². The Morgan fingerprint density at radius 2 is 2.17 bits per heavy atom. The Morgan fingerprint density at radius 1 is 1.33 bits per heavy atom. The standard InChI is InChI=1S/C13H15F2N3/c1-18-6-5-17-12(18)9-16-8-10-3-2-4-11(7-10)13(14)15/h2-7,13,16H,8-9H2,1H3. The molecule has 0 aliphatic heterocycles. The third-order valence-electron chi connectivity index (χ3n) is 2.74. The maximum atomic E-state index is 12.5. The minimum atomic E-state index is -2.42. The third kappa shape index (κ3) is 3.13. The van der Waals surface area contributed by atoms with Gasteiger partial charge in [0, 0.05) is 31.5 Å². The van der Waals surface area contributed by atoms with Gasteiger partial charge in [0.2, 0.25) is 0 Å². The van der Waals surface area contributed by atoms with Crippen LogP contribution in [0.4, 0.5) is 8.78 Å². The largest absolute Gasteiger partial charge is 0.337 e. The molecule has 2 aromatic rings. The van der Waals surface area contributed by atoms with E-state index in [4.69, 9.17) is 0 Å². The summed E-state index contributed by atoms with van der Waals surface area (Å²) in [7, 11) is 1.92. The van der Waals surface area contributed by atoms with Gasteiger partial charge in [-0.05, 0) is 11.6 Å². The van der Waals surface area contributed by atoms with Gasteiger partial charge >= 0.3 is 0 Å².